The van der Waals surface area contributed by atoms with Gasteiger partial charge in [0.05, 0.1) is 5.69 Å². The topological polar surface area (TPSA) is 61.4 Å². The van der Waals surface area contributed by atoms with E-state index in [0.29, 0.717) is 11.3 Å². The largest absolute Gasteiger partial charge is 0.506 e. The van der Waals surface area contributed by atoms with Crippen LogP contribution in [-0.4, -0.2) is 16.1 Å². The van der Waals surface area contributed by atoms with E-state index < -0.39 is 0 Å². The van der Waals surface area contributed by atoms with Crippen LogP contribution in [0.4, 0.5) is 5.69 Å². The number of hydrogen-bond donors (Lipinski definition) is 3. The van der Waals surface area contributed by atoms with Gasteiger partial charge >= 0.3 is 0 Å². The van der Waals surface area contributed by atoms with E-state index >= 15 is 0 Å². The highest BCUT2D eigenvalue weighted by molar-refractivity contribution is 7.80. The van der Waals surface area contributed by atoms with E-state index in [-0.39, 0.29) is 16.8 Å². The lowest BCUT2D eigenvalue weighted by molar-refractivity contribution is 0.0977. The number of anilines is 1. The van der Waals surface area contributed by atoms with Crippen molar-refractivity contribution in [1.82, 2.24) is 5.32 Å². The van der Waals surface area contributed by atoms with Crippen LogP contribution in [-0.2, 0) is 0 Å². The van der Waals surface area contributed by atoms with Gasteiger partial charge in [-0.1, -0.05) is 48.5 Å². The first-order chi connectivity index (χ1) is 12.5. The van der Waals surface area contributed by atoms with Gasteiger partial charge in [0.2, 0.25) is 0 Å². The third-order valence-corrected chi connectivity index (χ3v) is 4.09. The summed E-state index contributed by atoms with van der Waals surface area (Å²) in [5.41, 5.74) is 4.05. The summed E-state index contributed by atoms with van der Waals surface area (Å²) in [5.74, 6) is -0.242. The Morgan fingerprint density at radius 2 is 1.58 bits per heavy atom. The van der Waals surface area contributed by atoms with Crippen LogP contribution >= 0.6 is 12.2 Å². The summed E-state index contributed by atoms with van der Waals surface area (Å²) >= 11 is 5.16. The monoisotopic (exact) mass is 362 g/mol. The molecule has 0 saturated carbocycles. The lowest BCUT2D eigenvalue weighted by Crippen LogP contribution is -2.34. The lowest BCUT2D eigenvalue weighted by Gasteiger charge is -2.12. The Morgan fingerprint density at radius 1 is 0.923 bits per heavy atom. The molecule has 3 N–H and O–H groups in total. The summed E-state index contributed by atoms with van der Waals surface area (Å²) in [6.45, 7) is 1.90. The third-order valence-electron chi connectivity index (χ3n) is 3.88. The summed E-state index contributed by atoms with van der Waals surface area (Å²) in [6, 6.07) is 22.4. The summed E-state index contributed by atoms with van der Waals surface area (Å²) in [6.07, 6.45) is 0. The van der Waals surface area contributed by atoms with Crippen molar-refractivity contribution in [3.8, 4) is 16.9 Å². The molecule has 0 aliphatic heterocycles. The first kappa shape index (κ1) is 17.6. The molecular formula is C21H18N2O2S. The minimum atomic E-state index is -0.311. The number of aryl methyl sites for hydroxylation is 1. The fourth-order valence-electron chi connectivity index (χ4n) is 2.52. The van der Waals surface area contributed by atoms with Gasteiger partial charge in [-0.15, -0.1) is 0 Å². The van der Waals surface area contributed by atoms with Crippen molar-refractivity contribution in [3.05, 3.63) is 83.9 Å². The van der Waals surface area contributed by atoms with E-state index in [1.54, 1.807) is 30.3 Å². The van der Waals surface area contributed by atoms with E-state index in [9.17, 15) is 9.90 Å². The van der Waals surface area contributed by atoms with Gasteiger partial charge in [0.15, 0.2) is 5.11 Å². The minimum absolute atomic E-state index is 0.0689. The summed E-state index contributed by atoms with van der Waals surface area (Å²) in [7, 11) is 0. The van der Waals surface area contributed by atoms with Gasteiger partial charge in [-0.05, 0) is 60.1 Å². The molecule has 130 valence electrons. The molecule has 3 rings (SSSR count). The number of phenols is 1. The number of aromatic hydroxyl groups is 1. The van der Waals surface area contributed by atoms with E-state index in [4.69, 9.17) is 12.2 Å². The molecule has 26 heavy (non-hydrogen) atoms. The smallest absolute Gasteiger partial charge is 0.257 e. The number of benzene rings is 3. The van der Waals surface area contributed by atoms with Gasteiger partial charge in [-0.25, -0.2) is 0 Å². The van der Waals surface area contributed by atoms with Crippen LogP contribution in [0, 0.1) is 6.92 Å². The number of nitrogens with one attached hydrogen (secondary N) is 2. The van der Waals surface area contributed by atoms with Crippen molar-refractivity contribution in [1.29, 1.82) is 0 Å². The number of thiocarbonyl (C=S) groups is 1. The number of carbonyl (C=O) groups excluding carboxylic acids is 1. The highest BCUT2D eigenvalue weighted by atomic mass is 32.1. The Bertz CT molecular complexity index is 938. The average molecular weight is 362 g/mol. The molecule has 0 aliphatic carbocycles. The van der Waals surface area contributed by atoms with E-state index in [2.05, 4.69) is 10.6 Å². The molecule has 0 atom stereocenters. The van der Waals surface area contributed by atoms with Crippen LogP contribution in [0.1, 0.15) is 15.9 Å². The molecular weight excluding hydrogens is 344 g/mol. The zero-order chi connectivity index (χ0) is 18.5. The molecule has 3 aromatic rings. The van der Waals surface area contributed by atoms with Gasteiger partial charge in [-0.3, -0.25) is 10.1 Å². The number of carbonyl (C=O) groups is 1. The van der Waals surface area contributed by atoms with Crippen molar-refractivity contribution < 1.29 is 9.90 Å². The molecule has 0 unspecified atom stereocenters. The predicted octanol–water partition coefficient (Wildman–Crippen LogP) is 4.49. The molecule has 5 heteroatoms. The average Bonchev–Trinajstić information content (AvgIpc) is 2.65. The van der Waals surface area contributed by atoms with Crippen molar-refractivity contribution in [2.24, 2.45) is 0 Å². The molecule has 1 amide bonds. The summed E-state index contributed by atoms with van der Waals surface area (Å²) in [5, 5.41) is 15.4. The predicted molar refractivity (Wildman–Crippen MR) is 108 cm³/mol. The molecule has 0 radical (unpaired) electrons. The Hall–Kier alpha value is -3.18. The van der Waals surface area contributed by atoms with Crippen LogP contribution in [0.3, 0.4) is 0 Å². The molecule has 0 fully saturated rings. The molecule has 4 nitrogen and oxygen atoms in total. The van der Waals surface area contributed by atoms with Gasteiger partial charge in [0, 0.05) is 5.56 Å². The van der Waals surface area contributed by atoms with Crippen LogP contribution in [0.25, 0.3) is 11.1 Å². The van der Waals surface area contributed by atoms with Crippen LogP contribution in [0.15, 0.2) is 72.8 Å². The second-order valence-corrected chi connectivity index (χ2v) is 6.28. The number of rotatable bonds is 3. The highest BCUT2D eigenvalue weighted by Gasteiger charge is 2.10. The first-order valence-electron chi connectivity index (χ1n) is 8.10. The second kappa shape index (κ2) is 7.80. The van der Waals surface area contributed by atoms with Gasteiger partial charge in [0.1, 0.15) is 5.75 Å². The maximum Gasteiger partial charge on any atom is 0.257 e. The van der Waals surface area contributed by atoms with E-state index in [1.165, 1.54) is 0 Å². The number of amides is 1. The van der Waals surface area contributed by atoms with Crippen LogP contribution in [0.2, 0.25) is 0 Å². The van der Waals surface area contributed by atoms with E-state index in [1.807, 2.05) is 49.4 Å². The molecule has 0 aromatic heterocycles. The van der Waals surface area contributed by atoms with Gasteiger partial charge < -0.3 is 10.4 Å². The molecule has 0 saturated heterocycles. The Morgan fingerprint density at radius 3 is 2.27 bits per heavy atom. The van der Waals surface area contributed by atoms with Gasteiger partial charge in [-0.2, -0.15) is 0 Å². The quantitative estimate of drug-likeness (QED) is 0.474. The van der Waals surface area contributed by atoms with Crippen LogP contribution in [0.5, 0.6) is 5.75 Å². The molecule has 3 aromatic carbocycles. The first-order valence-corrected chi connectivity index (χ1v) is 8.51. The SMILES string of the molecule is Cc1ccc(O)c(NC(=S)NC(=O)c2ccc(-c3ccccc3)cc2)c1. The number of phenolic OH excluding ortho intramolecular Hbond substituents is 1. The molecule has 0 bridgehead atoms. The van der Waals surface area contributed by atoms with Crippen LogP contribution < -0.4 is 10.6 Å². The molecule has 0 spiro atoms. The maximum absolute atomic E-state index is 12.3. The Labute approximate surface area is 157 Å². The van der Waals surface area contributed by atoms with E-state index in [0.717, 1.165) is 16.7 Å². The minimum Gasteiger partial charge on any atom is -0.506 e. The Balaban J connectivity index is 1.66. The zero-order valence-corrected chi connectivity index (χ0v) is 15.0. The molecule has 0 aliphatic rings. The molecule has 0 heterocycles. The summed E-state index contributed by atoms with van der Waals surface area (Å²) in [4.78, 5) is 12.3. The second-order valence-electron chi connectivity index (χ2n) is 5.87. The fourth-order valence-corrected chi connectivity index (χ4v) is 2.73. The van der Waals surface area contributed by atoms with Gasteiger partial charge in [0.25, 0.3) is 5.91 Å². The number of hydrogen-bond acceptors (Lipinski definition) is 3. The Kier molecular flexibility index (Phi) is 5.29. The normalized spacial score (nSPS) is 10.2. The summed E-state index contributed by atoms with van der Waals surface area (Å²) < 4.78 is 0. The highest BCUT2D eigenvalue weighted by Crippen LogP contribution is 2.23. The van der Waals surface area contributed by atoms with Crippen molar-refractivity contribution in [2.45, 2.75) is 6.92 Å². The fraction of sp³-hybridized carbons (Fsp3) is 0.0476. The van der Waals surface area contributed by atoms with Crippen molar-refractivity contribution in [3.63, 3.8) is 0 Å². The standard InChI is InChI=1S/C21H18N2O2S/c1-14-7-12-19(24)18(13-14)22-21(26)23-20(25)17-10-8-16(9-11-17)15-5-3-2-4-6-15/h2-13,24H,1H3,(H2,22,23,25,26). The van der Waals surface area contributed by atoms with Crippen molar-refractivity contribution in [2.75, 3.05) is 5.32 Å². The maximum atomic E-state index is 12.3. The lowest BCUT2D eigenvalue weighted by atomic mass is 10.0. The van der Waals surface area contributed by atoms with Crippen molar-refractivity contribution >= 4 is 28.9 Å². The third kappa shape index (κ3) is 4.26. The zero-order valence-electron chi connectivity index (χ0n) is 14.2.